The Hall–Kier alpha value is -2.73. The molecule has 26 heavy (non-hydrogen) atoms. The summed E-state index contributed by atoms with van der Waals surface area (Å²) in [4.78, 5) is 35.3. The van der Waals surface area contributed by atoms with Gasteiger partial charge in [0, 0.05) is 30.8 Å². The number of halogens is 3. The number of benzene rings is 1. The topological polar surface area (TPSA) is 113 Å². The number of nitrogens with zero attached hydrogens (tertiary/aromatic N) is 1. The maximum atomic E-state index is 13.0. The molecule has 0 aromatic heterocycles. The molecule has 0 bridgehead atoms. The molecule has 140 valence electrons. The lowest BCUT2D eigenvalue weighted by molar-refractivity contribution is -0.139. The van der Waals surface area contributed by atoms with Gasteiger partial charge in [0.1, 0.15) is 5.56 Å². The molecule has 1 aliphatic heterocycles. The van der Waals surface area contributed by atoms with Crippen molar-refractivity contribution in [3.8, 4) is 5.75 Å². The molecule has 1 atom stereocenters. The number of carbonyl (C=O) groups is 3. The van der Waals surface area contributed by atoms with Gasteiger partial charge in [0.25, 0.3) is 11.8 Å². The lowest BCUT2D eigenvalue weighted by Gasteiger charge is -2.15. The molecule has 0 fully saturated rings. The minimum Gasteiger partial charge on any atom is -0.379 e. The highest BCUT2D eigenvalue weighted by molar-refractivity contribution is 7.74. The van der Waals surface area contributed by atoms with Crippen LogP contribution in [0.3, 0.4) is 0 Å². The second-order valence-corrected chi connectivity index (χ2v) is 5.57. The summed E-state index contributed by atoms with van der Waals surface area (Å²) in [6.07, 6.45) is -3.13. The zero-order valence-corrected chi connectivity index (χ0v) is 13.6. The molecular weight excluding hydrogens is 381 g/mol. The highest BCUT2D eigenvalue weighted by Crippen LogP contribution is 2.38. The molecule has 0 aliphatic carbocycles. The standard InChI is InChI=1S/C14H11F3N2O6S/c15-14(16,17)9-7-8(1-2-10(9)25-26(23)24)18-11(20)5-6-19-12(21)3-4-13(19)22/h1-4,7H,5-6H2,(H,18,20)(H,23,24). The molecule has 1 aromatic carbocycles. The SMILES string of the molecule is O=C(CCN1C(=O)C=CC1=O)Nc1ccc(OS(=O)O)c(C(F)(F)F)c1. The Morgan fingerprint density at radius 1 is 1.23 bits per heavy atom. The zero-order valence-electron chi connectivity index (χ0n) is 12.8. The van der Waals surface area contributed by atoms with Gasteiger partial charge in [-0.1, -0.05) is 0 Å². The van der Waals surface area contributed by atoms with Crippen molar-refractivity contribution in [2.75, 3.05) is 11.9 Å². The largest absolute Gasteiger partial charge is 0.420 e. The first kappa shape index (κ1) is 19.6. The van der Waals surface area contributed by atoms with E-state index in [0.29, 0.717) is 6.07 Å². The van der Waals surface area contributed by atoms with Crippen LogP contribution >= 0.6 is 0 Å². The minimum absolute atomic E-state index is 0.229. The monoisotopic (exact) mass is 392 g/mol. The fourth-order valence-electron chi connectivity index (χ4n) is 2.07. The van der Waals surface area contributed by atoms with E-state index in [-0.39, 0.29) is 18.7 Å². The Kier molecular flexibility index (Phi) is 5.77. The van der Waals surface area contributed by atoms with Gasteiger partial charge in [-0.15, -0.1) is 0 Å². The number of rotatable bonds is 6. The van der Waals surface area contributed by atoms with Crippen LogP contribution in [-0.4, -0.2) is 37.9 Å². The van der Waals surface area contributed by atoms with Gasteiger partial charge < -0.3 is 9.50 Å². The van der Waals surface area contributed by atoms with E-state index in [1.165, 1.54) is 0 Å². The minimum atomic E-state index is -4.89. The van der Waals surface area contributed by atoms with E-state index in [4.69, 9.17) is 4.55 Å². The van der Waals surface area contributed by atoms with Crippen molar-refractivity contribution in [3.63, 3.8) is 0 Å². The summed E-state index contributed by atoms with van der Waals surface area (Å²) in [6.45, 7) is -0.229. The van der Waals surface area contributed by atoms with Crippen LogP contribution in [0.2, 0.25) is 0 Å². The van der Waals surface area contributed by atoms with Crippen LogP contribution in [0.1, 0.15) is 12.0 Å². The fraction of sp³-hybridized carbons (Fsp3) is 0.214. The normalized spacial score (nSPS) is 15.3. The van der Waals surface area contributed by atoms with Crippen LogP contribution in [0.5, 0.6) is 5.75 Å². The molecule has 0 saturated carbocycles. The number of amides is 3. The summed E-state index contributed by atoms with van der Waals surface area (Å²) in [5.41, 5.74) is -1.60. The number of imide groups is 1. The number of hydrogen-bond acceptors (Lipinski definition) is 5. The third kappa shape index (κ3) is 4.89. The average Bonchev–Trinajstić information content (AvgIpc) is 2.84. The van der Waals surface area contributed by atoms with Gasteiger partial charge in [-0.2, -0.15) is 17.4 Å². The quantitative estimate of drug-likeness (QED) is 0.560. The third-order valence-corrected chi connectivity index (χ3v) is 3.51. The van der Waals surface area contributed by atoms with Gasteiger partial charge in [-0.25, -0.2) is 0 Å². The Bertz CT molecular complexity index is 790. The molecule has 1 aliphatic rings. The Labute approximate surface area is 147 Å². The molecule has 2 rings (SSSR count). The van der Waals surface area contributed by atoms with Gasteiger partial charge in [-0.05, 0) is 18.2 Å². The van der Waals surface area contributed by atoms with Gasteiger partial charge in [-0.3, -0.25) is 23.8 Å². The number of anilines is 1. The van der Waals surface area contributed by atoms with E-state index in [9.17, 15) is 31.8 Å². The summed E-state index contributed by atoms with van der Waals surface area (Å²) >= 11 is -2.95. The number of alkyl halides is 3. The van der Waals surface area contributed by atoms with Gasteiger partial charge in [0.05, 0.1) is 0 Å². The van der Waals surface area contributed by atoms with Crippen molar-refractivity contribution in [1.82, 2.24) is 4.90 Å². The predicted octanol–water partition coefficient (Wildman–Crippen LogP) is 1.47. The molecule has 1 unspecified atom stereocenters. The van der Waals surface area contributed by atoms with E-state index in [1.807, 2.05) is 0 Å². The summed E-state index contributed by atoms with van der Waals surface area (Å²) < 4.78 is 62.3. The first-order chi connectivity index (χ1) is 12.1. The van der Waals surface area contributed by atoms with Crippen LogP contribution in [0.4, 0.5) is 18.9 Å². The number of carbonyl (C=O) groups excluding carboxylic acids is 3. The summed E-state index contributed by atoms with van der Waals surface area (Å²) in [5, 5.41) is 2.19. The van der Waals surface area contributed by atoms with E-state index in [0.717, 1.165) is 29.2 Å². The molecule has 0 saturated heterocycles. The summed E-state index contributed by atoms with van der Waals surface area (Å²) in [6, 6.07) is 2.36. The smallest absolute Gasteiger partial charge is 0.379 e. The van der Waals surface area contributed by atoms with Gasteiger partial charge in [0.15, 0.2) is 5.75 Å². The van der Waals surface area contributed by atoms with Crippen molar-refractivity contribution in [1.29, 1.82) is 0 Å². The van der Waals surface area contributed by atoms with E-state index >= 15 is 0 Å². The van der Waals surface area contributed by atoms with Crippen molar-refractivity contribution in [2.24, 2.45) is 0 Å². The molecule has 12 heteroatoms. The van der Waals surface area contributed by atoms with Crippen molar-refractivity contribution in [3.05, 3.63) is 35.9 Å². The second kappa shape index (κ2) is 7.66. The van der Waals surface area contributed by atoms with Crippen molar-refractivity contribution < 1.29 is 40.5 Å². The lowest BCUT2D eigenvalue weighted by Crippen LogP contribution is -2.33. The second-order valence-electron chi connectivity index (χ2n) is 4.97. The molecule has 0 radical (unpaired) electrons. The van der Waals surface area contributed by atoms with Crippen LogP contribution < -0.4 is 9.50 Å². The number of nitrogens with one attached hydrogen (secondary N) is 1. The summed E-state index contributed by atoms with van der Waals surface area (Å²) in [5.74, 6) is -2.78. The molecular formula is C14H11F3N2O6S. The molecule has 2 N–H and O–H groups in total. The highest BCUT2D eigenvalue weighted by atomic mass is 32.2. The Balaban J connectivity index is 2.06. The average molecular weight is 392 g/mol. The molecule has 3 amide bonds. The molecule has 8 nitrogen and oxygen atoms in total. The predicted molar refractivity (Wildman–Crippen MR) is 81.9 cm³/mol. The molecule has 1 aromatic rings. The van der Waals surface area contributed by atoms with Crippen molar-refractivity contribution >= 4 is 34.8 Å². The first-order valence-corrected chi connectivity index (χ1v) is 7.95. The molecule has 0 spiro atoms. The lowest BCUT2D eigenvalue weighted by atomic mass is 10.1. The first-order valence-electron chi connectivity index (χ1n) is 6.92. The zero-order chi connectivity index (χ0) is 19.5. The van der Waals surface area contributed by atoms with Crippen LogP contribution in [0.15, 0.2) is 30.4 Å². The third-order valence-electron chi connectivity index (χ3n) is 3.19. The fourth-order valence-corrected chi connectivity index (χ4v) is 2.37. The Morgan fingerprint density at radius 2 is 1.85 bits per heavy atom. The van der Waals surface area contributed by atoms with E-state index in [1.54, 1.807) is 0 Å². The van der Waals surface area contributed by atoms with Gasteiger partial charge >= 0.3 is 17.5 Å². The van der Waals surface area contributed by atoms with Crippen LogP contribution in [0.25, 0.3) is 0 Å². The number of hydrogen-bond donors (Lipinski definition) is 2. The maximum Gasteiger partial charge on any atom is 0.420 e. The van der Waals surface area contributed by atoms with Gasteiger partial charge in [0.2, 0.25) is 5.91 Å². The Morgan fingerprint density at radius 3 is 2.38 bits per heavy atom. The highest BCUT2D eigenvalue weighted by Gasteiger charge is 2.35. The van der Waals surface area contributed by atoms with Crippen molar-refractivity contribution in [2.45, 2.75) is 12.6 Å². The van der Waals surface area contributed by atoms with Crippen LogP contribution in [-0.2, 0) is 31.9 Å². The molecule has 1 heterocycles. The summed E-state index contributed by atoms with van der Waals surface area (Å²) in [7, 11) is 0. The van der Waals surface area contributed by atoms with E-state index in [2.05, 4.69) is 9.50 Å². The van der Waals surface area contributed by atoms with E-state index < -0.39 is 46.6 Å². The van der Waals surface area contributed by atoms with Crippen LogP contribution in [0, 0.1) is 0 Å². The maximum absolute atomic E-state index is 13.0.